The number of Topliss-reactive ketones (excluding diaryl/α,β-unsaturated/α-hetero) is 1. The highest BCUT2D eigenvalue weighted by atomic mass is 16.5. The lowest BCUT2D eigenvalue weighted by Gasteiger charge is -2.08. The van der Waals surface area contributed by atoms with Crippen LogP contribution >= 0.6 is 0 Å². The second kappa shape index (κ2) is 8.73. The fraction of sp³-hybridized carbons (Fsp3) is 0.263. The molecule has 2 aromatic carbocycles. The Morgan fingerprint density at radius 1 is 1.00 bits per heavy atom. The number of hydrogen-bond donors (Lipinski definition) is 1. The third kappa shape index (κ3) is 5.58. The van der Waals surface area contributed by atoms with Crippen molar-refractivity contribution in [3.8, 4) is 5.75 Å². The number of ether oxygens (including phenoxy) is 1. The van der Waals surface area contributed by atoms with Crippen molar-refractivity contribution in [2.24, 2.45) is 0 Å². The van der Waals surface area contributed by atoms with Crippen LogP contribution < -0.4 is 10.1 Å². The number of hydrogen-bond acceptors (Lipinski definition) is 3. The van der Waals surface area contributed by atoms with Crippen LogP contribution in [0, 0.1) is 0 Å². The molecule has 0 unspecified atom stereocenters. The van der Waals surface area contributed by atoms with Gasteiger partial charge in [-0.3, -0.25) is 9.59 Å². The minimum Gasteiger partial charge on any atom is -0.484 e. The average Bonchev–Trinajstić information content (AvgIpc) is 2.60. The molecule has 0 radical (unpaired) electrons. The highest BCUT2D eigenvalue weighted by Crippen LogP contribution is 2.13. The van der Waals surface area contributed by atoms with E-state index in [-0.39, 0.29) is 18.3 Å². The van der Waals surface area contributed by atoms with Gasteiger partial charge in [0.2, 0.25) is 0 Å². The van der Waals surface area contributed by atoms with Crippen LogP contribution in [0.2, 0.25) is 0 Å². The lowest BCUT2D eigenvalue weighted by atomic mass is 10.1. The molecule has 0 saturated heterocycles. The number of benzene rings is 2. The largest absolute Gasteiger partial charge is 0.484 e. The first-order chi connectivity index (χ1) is 11.2. The zero-order valence-corrected chi connectivity index (χ0v) is 13.2. The summed E-state index contributed by atoms with van der Waals surface area (Å²) in [6, 6.07) is 16.8. The number of nitrogens with one attached hydrogen (secondary N) is 1. The molecule has 120 valence electrons. The first-order valence-corrected chi connectivity index (χ1v) is 7.75. The van der Waals surface area contributed by atoms with E-state index in [0.29, 0.717) is 24.3 Å². The molecule has 0 spiro atoms. The van der Waals surface area contributed by atoms with E-state index in [2.05, 4.69) is 5.32 Å². The molecule has 0 saturated carbocycles. The third-order valence-electron chi connectivity index (χ3n) is 3.45. The van der Waals surface area contributed by atoms with Crippen molar-refractivity contribution in [3.05, 3.63) is 65.7 Å². The number of carbonyl (C=O) groups excluding carboxylic acids is 2. The smallest absolute Gasteiger partial charge is 0.257 e. The Bertz CT molecular complexity index is 635. The van der Waals surface area contributed by atoms with E-state index in [0.717, 1.165) is 6.42 Å². The minimum atomic E-state index is -0.158. The Kier molecular flexibility index (Phi) is 6.36. The summed E-state index contributed by atoms with van der Waals surface area (Å²) in [5.74, 6) is 0.515. The maximum Gasteiger partial charge on any atom is 0.257 e. The van der Waals surface area contributed by atoms with Gasteiger partial charge in [-0.1, -0.05) is 37.3 Å². The second-order valence-electron chi connectivity index (χ2n) is 5.18. The molecule has 0 aromatic heterocycles. The normalized spacial score (nSPS) is 10.1. The van der Waals surface area contributed by atoms with Crippen molar-refractivity contribution in [2.45, 2.75) is 19.8 Å². The standard InChI is InChI=1S/C19H21NO3/c1-2-18(21)16-8-10-17(11-9-16)23-14-19(22)20-13-12-15-6-4-3-5-7-15/h3-11H,2,12-14H2,1H3,(H,20,22). The quantitative estimate of drug-likeness (QED) is 0.762. The predicted molar refractivity (Wildman–Crippen MR) is 89.7 cm³/mol. The number of carbonyl (C=O) groups is 2. The summed E-state index contributed by atoms with van der Waals surface area (Å²) in [4.78, 5) is 23.3. The average molecular weight is 311 g/mol. The van der Waals surface area contributed by atoms with E-state index < -0.39 is 0 Å². The molecule has 2 rings (SSSR count). The molecular formula is C19H21NO3. The highest BCUT2D eigenvalue weighted by Gasteiger charge is 2.05. The van der Waals surface area contributed by atoms with Gasteiger partial charge >= 0.3 is 0 Å². The Hall–Kier alpha value is -2.62. The van der Waals surface area contributed by atoms with E-state index in [1.54, 1.807) is 24.3 Å². The van der Waals surface area contributed by atoms with Gasteiger partial charge in [0, 0.05) is 18.5 Å². The molecule has 0 fully saturated rings. The van der Waals surface area contributed by atoms with Gasteiger partial charge in [-0.05, 0) is 36.2 Å². The van der Waals surface area contributed by atoms with Gasteiger partial charge in [-0.15, -0.1) is 0 Å². The summed E-state index contributed by atoms with van der Waals surface area (Å²) >= 11 is 0. The maximum absolute atomic E-state index is 11.7. The fourth-order valence-electron chi connectivity index (χ4n) is 2.13. The number of rotatable bonds is 8. The topological polar surface area (TPSA) is 55.4 Å². The molecule has 0 aliphatic heterocycles. The summed E-state index contributed by atoms with van der Waals surface area (Å²) in [5, 5.41) is 2.82. The van der Waals surface area contributed by atoms with Gasteiger partial charge in [0.1, 0.15) is 5.75 Å². The molecule has 1 amide bonds. The van der Waals surface area contributed by atoms with Crippen LogP contribution in [-0.2, 0) is 11.2 Å². The van der Waals surface area contributed by atoms with Crippen LogP contribution in [-0.4, -0.2) is 24.8 Å². The van der Waals surface area contributed by atoms with Crippen LogP contribution in [0.15, 0.2) is 54.6 Å². The first-order valence-electron chi connectivity index (χ1n) is 7.75. The Morgan fingerprint density at radius 2 is 1.70 bits per heavy atom. The number of ketones is 1. The Labute approximate surface area is 136 Å². The summed E-state index contributed by atoms with van der Waals surface area (Å²) in [7, 11) is 0. The SMILES string of the molecule is CCC(=O)c1ccc(OCC(=O)NCCc2ccccc2)cc1. The molecular weight excluding hydrogens is 290 g/mol. The van der Waals surface area contributed by atoms with E-state index in [1.165, 1.54) is 5.56 Å². The highest BCUT2D eigenvalue weighted by molar-refractivity contribution is 5.95. The molecule has 0 atom stereocenters. The first kappa shape index (κ1) is 16.7. The van der Waals surface area contributed by atoms with Crippen molar-refractivity contribution >= 4 is 11.7 Å². The minimum absolute atomic E-state index is 0.0319. The van der Waals surface area contributed by atoms with E-state index >= 15 is 0 Å². The molecule has 2 aromatic rings. The van der Waals surface area contributed by atoms with Crippen LogP contribution in [0.1, 0.15) is 29.3 Å². The van der Waals surface area contributed by atoms with Crippen molar-refractivity contribution in [1.29, 1.82) is 0 Å². The van der Waals surface area contributed by atoms with Crippen LogP contribution in [0.25, 0.3) is 0 Å². The van der Waals surface area contributed by atoms with Gasteiger partial charge in [-0.25, -0.2) is 0 Å². The third-order valence-corrected chi connectivity index (χ3v) is 3.45. The molecule has 0 aliphatic carbocycles. The zero-order valence-electron chi connectivity index (χ0n) is 13.2. The van der Waals surface area contributed by atoms with Gasteiger partial charge < -0.3 is 10.1 Å². The predicted octanol–water partition coefficient (Wildman–Crippen LogP) is 3.02. The molecule has 0 aliphatic rings. The summed E-state index contributed by atoms with van der Waals surface area (Å²) < 4.78 is 5.42. The second-order valence-corrected chi connectivity index (χ2v) is 5.18. The molecule has 1 N–H and O–H groups in total. The molecule has 0 bridgehead atoms. The summed E-state index contributed by atoms with van der Waals surface area (Å²) in [6.45, 7) is 2.37. The van der Waals surface area contributed by atoms with E-state index in [4.69, 9.17) is 4.74 Å². The van der Waals surface area contributed by atoms with E-state index in [1.807, 2.05) is 37.3 Å². The lowest BCUT2D eigenvalue weighted by Crippen LogP contribution is -2.30. The Balaban J connectivity index is 1.70. The van der Waals surface area contributed by atoms with Crippen molar-refractivity contribution in [2.75, 3.05) is 13.2 Å². The molecule has 4 nitrogen and oxygen atoms in total. The van der Waals surface area contributed by atoms with Gasteiger partial charge in [-0.2, -0.15) is 0 Å². The molecule has 0 heterocycles. The van der Waals surface area contributed by atoms with Crippen LogP contribution in [0.3, 0.4) is 0 Å². The van der Waals surface area contributed by atoms with Gasteiger partial charge in [0.15, 0.2) is 12.4 Å². The van der Waals surface area contributed by atoms with Crippen molar-refractivity contribution in [1.82, 2.24) is 5.32 Å². The van der Waals surface area contributed by atoms with Gasteiger partial charge in [0.25, 0.3) is 5.91 Å². The summed E-state index contributed by atoms with van der Waals surface area (Å²) in [6.07, 6.45) is 1.27. The number of amides is 1. The Morgan fingerprint density at radius 3 is 2.35 bits per heavy atom. The summed E-state index contributed by atoms with van der Waals surface area (Å²) in [5.41, 5.74) is 1.84. The molecule has 4 heteroatoms. The zero-order chi connectivity index (χ0) is 16.5. The van der Waals surface area contributed by atoms with Crippen LogP contribution in [0.5, 0.6) is 5.75 Å². The van der Waals surface area contributed by atoms with Crippen molar-refractivity contribution < 1.29 is 14.3 Å². The monoisotopic (exact) mass is 311 g/mol. The fourth-order valence-corrected chi connectivity index (χ4v) is 2.13. The van der Waals surface area contributed by atoms with E-state index in [9.17, 15) is 9.59 Å². The van der Waals surface area contributed by atoms with Crippen LogP contribution in [0.4, 0.5) is 0 Å². The van der Waals surface area contributed by atoms with Gasteiger partial charge in [0.05, 0.1) is 0 Å². The molecule has 23 heavy (non-hydrogen) atoms. The maximum atomic E-state index is 11.7. The lowest BCUT2D eigenvalue weighted by molar-refractivity contribution is -0.123. The van der Waals surface area contributed by atoms with Crippen molar-refractivity contribution in [3.63, 3.8) is 0 Å².